The molecule has 2 heterocycles. The highest BCUT2D eigenvalue weighted by Gasteiger charge is 2.13. The number of para-hydroxylation sites is 2. The van der Waals surface area contributed by atoms with E-state index in [1.54, 1.807) is 18.2 Å². The molecule has 7 nitrogen and oxygen atoms in total. The second kappa shape index (κ2) is 8.09. The fourth-order valence-electron chi connectivity index (χ4n) is 2.46. The average molecular weight is 460 g/mol. The van der Waals surface area contributed by atoms with Crippen molar-refractivity contribution in [2.45, 2.75) is 6.92 Å². The fourth-order valence-corrected chi connectivity index (χ4v) is 2.46. The van der Waals surface area contributed by atoms with Gasteiger partial charge in [-0.05, 0) is 36.1 Å². The van der Waals surface area contributed by atoms with Gasteiger partial charge in [0.05, 0.1) is 11.1 Å². The Morgan fingerprint density at radius 1 is 0.962 bits per heavy atom. The van der Waals surface area contributed by atoms with Gasteiger partial charge in [0.25, 0.3) is 0 Å². The van der Waals surface area contributed by atoms with Crippen molar-refractivity contribution < 1.29 is 5.11 Å². The van der Waals surface area contributed by atoms with Crippen molar-refractivity contribution in [3.8, 4) is 17.1 Å². The third-order valence-corrected chi connectivity index (χ3v) is 3.58. The number of aromatic nitrogens is 5. The SMILES string of the molecule is CI.Cc1nc(Nc2nc(-c3ccccc3O)nc3ccccc23)n[nH]1. The van der Waals surface area contributed by atoms with E-state index in [0.717, 1.165) is 10.9 Å². The first-order valence-electron chi connectivity index (χ1n) is 7.80. The number of rotatable bonds is 3. The van der Waals surface area contributed by atoms with Gasteiger partial charge < -0.3 is 10.4 Å². The summed E-state index contributed by atoms with van der Waals surface area (Å²) in [5, 5.41) is 20.9. The number of anilines is 2. The molecule has 0 atom stereocenters. The molecule has 3 N–H and O–H groups in total. The molecule has 0 bridgehead atoms. The van der Waals surface area contributed by atoms with Gasteiger partial charge in [0.1, 0.15) is 17.4 Å². The van der Waals surface area contributed by atoms with Crippen molar-refractivity contribution in [1.29, 1.82) is 0 Å². The molecule has 0 unspecified atom stereocenters. The van der Waals surface area contributed by atoms with Crippen molar-refractivity contribution in [2.75, 3.05) is 10.2 Å². The lowest BCUT2D eigenvalue weighted by Gasteiger charge is -2.09. The molecule has 4 rings (SSSR count). The van der Waals surface area contributed by atoms with Crippen LogP contribution in [0.25, 0.3) is 22.3 Å². The lowest BCUT2D eigenvalue weighted by molar-refractivity contribution is 0.477. The summed E-state index contributed by atoms with van der Waals surface area (Å²) in [7, 11) is 0. The summed E-state index contributed by atoms with van der Waals surface area (Å²) in [6.45, 7) is 1.82. The number of benzene rings is 2. The summed E-state index contributed by atoms with van der Waals surface area (Å²) in [4.78, 5) is 15.3. The second-order valence-electron chi connectivity index (χ2n) is 5.30. The quantitative estimate of drug-likeness (QED) is 0.313. The predicted molar refractivity (Wildman–Crippen MR) is 111 cm³/mol. The Balaban J connectivity index is 0.000000948. The molecule has 2 aromatic heterocycles. The summed E-state index contributed by atoms with van der Waals surface area (Å²) in [6, 6.07) is 14.6. The van der Waals surface area contributed by atoms with E-state index in [1.165, 1.54) is 0 Å². The molecular weight excluding hydrogens is 443 g/mol. The first kappa shape index (κ1) is 18.1. The molecule has 2 aromatic carbocycles. The molecule has 0 aliphatic carbocycles. The minimum atomic E-state index is 0.132. The number of phenols is 1. The number of alkyl halides is 1. The molecule has 8 heteroatoms. The minimum absolute atomic E-state index is 0.132. The summed E-state index contributed by atoms with van der Waals surface area (Å²) in [6.07, 6.45) is 0. The molecule has 0 fully saturated rings. The van der Waals surface area contributed by atoms with E-state index in [2.05, 4.69) is 53.1 Å². The van der Waals surface area contributed by atoms with Gasteiger partial charge >= 0.3 is 0 Å². The van der Waals surface area contributed by atoms with Crippen molar-refractivity contribution in [2.24, 2.45) is 0 Å². The molecule has 0 aliphatic heterocycles. The summed E-state index contributed by atoms with van der Waals surface area (Å²) < 4.78 is 0. The molecule has 4 aromatic rings. The van der Waals surface area contributed by atoms with Gasteiger partial charge in [-0.1, -0.05) is 46.9 Å². The summed E-state index contributed by atoms with van der Waals surface area (Å²) in [5.41, 5.74) is 1.33. The Kier molecular flexibility index (Phi) is 5.61. The molecule has 132 valence electrons. The maximum atomic E-state index is 10.1. The number of aromatic amines is 1. The van der Waals surface area contributed by atoms with Gasteiger partial charge in [0.2, 0.25) is 5.95 Å². The molecule has 0 aliphatic rings. The lowest BCUT2D eigenvalue weighted by Crippen LogP contribution is -2.00. The largest absolute Gasteiger partial charge is 0.507 e. The molecular formula is C18H17IN6O. The van der Waals surface area contributed by atoms with Crippen LogP contribution >= 0.6 is 22.6 Å². The van der Waals surface area contributed by atoms with E-state index >= 15 is 0 Å². The zero-order valence-electron chi connectivity index (χ0n) is 14.2. The first-order chi connectivity index (χ1) is 12.7. The number of phenolic OH excluding ortho intramolecular Hbond substituents is 1. The molecule has 0 amide bonds. The van der Waals surface area contributed by atoms with Gasteiger partial charge in [-0.15, -0.1) is 5.10 Å². The smallest absolute Gasteiger partial charge is 0.247 e. The van der Waals surface area contributed by atoms with Crippen LogP contribution in [0.3, 0.4) is 0 Å². The van der Waals surface area contributed by atoms with Crippen molar-refractivity contribution >= 4 is 45.3 Å². The van der Waals surface area contributed by atoms with Crippen LogP contribution in [0.15, 0.2) is 48.5 Å². The first-order valence-corrected chi connectivity index (χ1v) is 9.95. The second-order valence-corrected chi connectivity index (χ2v) is 5.30. The Labute approximate surface area is 164 Å². The van der Waals surface area contributed by atoms with Gasteiger partial charge in [-0.3, -0.25) is 5.10 Å². The molecule has 0 spiro atoms. The monoisotopic (exact) mass is 460 g/mol. The molecule has 0 radical (unpaired) electrons. The number of fused-ring (bicyclic) bond motifs is 1. The maximum absolute atomic E-state index is 10.1. The van der Waals surface area contributed by atoms with Crippen LogP contribution in [0.1, 0.15) is 5.82 Å². The van der Waals surface area contributed by atoms with Gasteiger partial charge in [0, 0.05) is 5.39 Å². The van der Waals surface area contributed by atoms with Crippen LogP contribution in [0, 0.1) is 6.92 Å². The summed E-state index contributed by atoms with van der Waals surface area (Å²) in [5.74, 6) is 2.28. The predicted octanol–water partition coefficient (Wildman–Crippen LogP) is 4.22. The van der Waals surface area contributed by atoms with E-state index in [9.17, 15) is 5.11 Å². The van der Waals surface area contributed by atoms with E-state index in [4.69, 9.17) is 0 Å². The maximum Gasteiger partial charge on any atom is 0.247 e. The van der Waals surface area contributed by atoms with Crippen LogP contribution < -0.4 is 5.32 Å². The number of nitrogens with one attached hydrogen (secondary N) is 2. The van der Waals surface area contributed by atoms with Crippen LogP contribution in [0.5, 0.6) is 5.75 Å². The van der Waals surface area contributed by atoms with Crippen molar-refractivity contribution in [3.05, 3.63) is 54.4 Å². The number of H-pyrrole nitrogens is 1. The number of hydrogen-bond acceptors (Lipinski definition) is 6. The number of nitrogens with zero attached hydrogens (tertiary/aromatic N) is 4. The number of aromatic hydroxyl groups is 1. The average Bonchev–Trinajstić information content (AvgIpc) is 3.08. The van der Waals surface area contributed by atoms with Gasteiger partial charge in [-0.25, -0.2) is 9.97 Å². The molecule has 26 heavy (non-hydrogen) atoms. The van der Waals surface area contributed by atoms with Crippen molar-refractivity contribution in [1.82, 2.24) is 25.1 Å². The van der Waals surface area contributed by atoms with Crippen LogP contribution in [-0.4, -0.2) is 35.2 Å². The number of hydrogen-bond donors (Lipinski definition) is 3. The Hall–Kier alpha value is -2.75. The Bertz CT molecular complexity index is 1030. The van der Waals surface area contributed by atoms with Crippen molar-refractivity contribution in [3.63, 3.8) is 0 Å². The summed E-state index contributed by atoms with van der Waals surface area (Å²) >= 11 is 2.15. The highest BCUT2D eigenvalue weighted by atomic mass is 127. The topological polar surface area (TPSA) is 99.6 Å². The standard InChI is InChI=1S/C17H14N6O.CH3I/c1-10-18-17(23-22-10)21-15-11-6-2-4-8-13(11)19-16(20-15)12-7-3-5-9-14(12)24;1-2/h2-9,24H,1H3,(H2,18,19,20,21,22,23);1H3. The van der Waals surface area contributed by atoms with Gasteiger partial charge in [-0.2, -0.15) is 4.98 Å². The van der Waals surface area contributed by atoms with Crippen LogP contribution in [0.4, 0.5) is 11.8 Å². The van der Waals surface area contributed by atoms with Gasteiger partial charge in [0.15, 0.2) is 5.82 Å². The van der Waals surface area contributed by atoms with E-state index in [0.29, 0.717) is 29.0 Å². The highest BCUT2D eigenvalue weighted by Crippen LogP contribution is 2.30. The third kappa shape index (κ3) is 3.74. The zero-order valence-corrected chi connectivity index (χ0v) is 16.4. The lowest BCUT2D eigenvalue weighted by atomic mass is 10.1. The highest BCUT2D eigenvalue weighted by molar-refractivity contribution is 14.1. The molecule has 0 saturated heterocycles. The van der Waals surface area contributed by atoms with Crippen LogP contribution in [-0.2, 0) is 0 Å². The minimum Gasteiger partial charge on any atom is -0.507 e. The zero-order chi connectivity index (χ0) is 18.5. The van der Waals surface area contributed by atoms with E-state index < -0.39 is 0 Å². The number of aryl methyl sites for hydroxylation is 1. The fraction of sp³-hybridized carbons (Fsp3) is 0.111. The number of halogens is 1. The Morgan fingerprint density at radius 2 is 1.69 bits per heavy atom. The molecule has 0 saturated carbocycles. The normalized spacial score (nSPS) is 10.3. The van der Waals surface area contributed by atoms with E-state index in [-0.39, 0.29) is 5.75 Å². The van der Waals surface area contributed by atoms with Crippen LogP contribution in [0.2, 0.25) is 0 Å². The Morgan fingerprint density at radius 3 is 2.42 bits per heavy atom. The third-order valence-electron chi connectivity index (χ3n) is 3.58. The van der Waals surface area contributed by atoms with E-state index in [1.807, 2.05) is 42.2 Å².